The minimum atomic E-state index is -0.849. The van der Waals surface area contributed by atoms with Crippen molar-refractivity contribution in [3.8, 4) is 0 Å². The Bertz CT molecular complexity index is 444. The number of carbonyl (C=O) groups excluding carboxylic acids is 2. The summed E-state index contributed by atoms with van der Waals surface area (Å²) in [6.45, 7) is 4.45. The standard InChI is InChI=1S/C15H24N2O3S/c1-3-8-15(2,20)11-17-13(18)7-4-9-16-14(19)12-6-5-10-21-12/h5-6,10,20H,3-4,7-9,11H2,1-2H3,(H,16,19)(H,17,18). The Kier molecular flexibility index (Phi) is 7.39. The van der Waals surface area contributed by atoms with Crippen LogP contribution >= 0.6 is 11.3 Å². The van der Waals surface area contributed by atoms with E-state index in [0.29, 0.717) is 30.7 Å². The first-order valence-electron chi connectivity index (χ1n) is 7.25. The molecule has 1 atom stereocenters. The summed E-state index contributed by atoms with van der Waals surface area (Å²) < 4.78 is 0. The third-order valence-electron chi connectivity index (χ3n) is 3.07. The van der Waals surface area contributed by atoms with Crippen LogP contribution in [0.5, 0.6) is 0 Å². The molecular weight excluding hydrogens is 288 g/mol. The molecule has 1 aromatic heterocycles. The highest BCUT2D eigenvalue weighted by atomic mass is 32.1. The molecule has 0 aliphatic rings. The first kappa shape index (κ1) is 17.7. The number of thiophene rings is 1. The van der Waals surface area contributed by atoms with Crippen molar-refractivity contribution in [2.24, 2.45) is 0 Å². The predicted molar refractivity (Wildman–Crippen MR) is 84.4 cm³/mol. The summed E-state index contributed by atoms with van der Waals surface area (Å²) in [5.41, 5.74) is -0.849. The van der Waals surface area contributed by atoms with Gasteiger partial charge in [-0.3, -0.25) is 9.59 Å². The first-order chi connectivity index (χ1) is 9.94. The van der Waals surface area contributed by atoms with E-state index in [4.69, 9.17) is 0 Å². The van der Waals surface area contributed by atoms with Crippen molar-refractivity contribution < 1.29 is 14.7 Å². The summed E-state index contributed by atoms with van der Waals surface area (Å²) in [7, 11) is 0. The predicted octanol–water partition coefficient (Wildman–Crippen LogP) is 1.93. The molecule has 0 bridgehead atoms. The zero-order valence-electron chi connectivity index (χ0n) is 12.6. The van der Waals surface area contributed by atoms with Gasteiger partial charge in [-0.1, -0.05) is 19.4 Å². The van der Waals surface area contributed by atoms with Crippen LogP contribution in [0.2, 0.25) is 0 Å². The van der Waals surface area contributed by atoms with Crippen LogP contribution in [-0.4, -0.2) is 35.6 Å². The molecule has 2 amide bonds. The SMILES string of the molecule is CCCC(C)(O)CNC(=O)CCCNC(=O)c1cccs1. The van der Waals surface area contributed by atoms with Crippen LogP contribution in [0.3, 0.4) is 0 Å². The molecule has 0 aromatic carbocycles. The fourth-order valence-electron chi connectivity index (χ4n) is 1.95. The quantitative estimate of drug-likeness (QED) is 0.610. The molecule has 0 saturated carbocycles. The molecule has 21 heavy (non-hydrogen) atoms. The maximum Gasteiger partial charge on any atom is 0.261 e. The van der Waals surface area contributed by atoms with E-state index in [-0.39, 0.29) is 18.4 Å². The molecule has 1 heterocycles. The molecule has 0 spiro atoms. The second-order valence-electron chi connectivity index (χ2n) is 5.36. The Hall–Kier alpha value is -1.40. The molecule has 1 rings (SSSR count). The van der Waals surface area contributed by atoms with Crippen LogP contribution in [-0.2, 0) is 4.79 Å². The second kappa shape index (κ2) is 8.79. The van der Waals surface area contributed by atoms with Gasteiger partial charge >= 0.3 is 0 Å². The molecule has 118 valence electrons. The van der Waals surface area contributed by atoms with Crippen molar-refractivity contribution in [3.05, 3.63) is 22.4 Å². The molecule has 6 heteroatoms. The zero-order chi connectivity index (χ0) is 15.7. The number of aliphatic hydroxyl groups is 1. The van der Waals surface area contributed by atoms with Gasteiger partial charge in [0.05, 0.1) is 10.5 Å². The Labute approximate surface area is 129 Å². The summed E-state index contributed by atoms with van der Waals surface area (Å²) in [6.07, 6.45) is 2.45. The van der Waals surface area contributed by atoms with Crippen LogP contribution in [0, 0.1) is 0 Å². The summed E-state index contributed by atoms with van der Waals surface area (Å²) in [5.74, 6) is -0.201. The van der Waals surface area contributed by atoms with Gasteiger partial charge in [-0.05, 0) is 31.2 Å². The fourth-order valence-corrected chi connectivity index (χ4v) is 2.59. The molecule has 1 unspecified atom stereocenters. The molecule has 0 aliphatic heterocycles. The lowest BCUT2D eigenvalue weighted by molar-refractivity contribution is -0.122. The smallest absolute Gasteiger partial charge is 0.261 e. The van der Waals surface area contributed by atoms with Gasteiger partial charge in [0.25, 0.3) is 5.91 Å². The number of carbonyl (C=O) groups is 2. The molecule has 3 N–H and O–H groups in total. The monoisotopic (exact) mass is 312 g/mol. The highest BCUT2D eigenvalue weighted by Gasteiger charge is 2.19. The van der Waals surface area contributed by atoms with Gasteiger partial charge < -0.3 is 15.7 Å². The molecular formula is C15H24N2O3S. The van der Waals surface area contributed by atoms with Crippen LogP contribution in [0.15, 0.2) is 17.5 Å². The summed E-state index contributed by atoms with van der Waals surface area (Å²) in [4.78, 5) is 24.0. The van der Waals surface area contributed by atoms with Crippen LogP contribution in [0.4, 0.5) is 0 Å². The Morgan fingerprint density at radius 3 is 2.76 bits per heavy atom. The normalized spacial score (nSPS) is 13.5. The van der Waals surface area contributed by atoms with Crippen molar-refractivity contribution in [1.82, 2.24) is 10.6 Å². The average molecular weight is 312 g/mol. The van der Waals surface area contributed by atoms with Crippen molar-refractivity contribution in [1.29, 1.82) is 0 Å². The Balaban J connectivity index is 2.12. The number of hydrogen-bond acceptors (Lipinski definition) is 4. The Morgan fingerprint density at radius 2 is 2.14 bits per heavy atom. The van der Waals surface area contributed by atoms with E-state index in [9.17, 15) is 14.7 Å². The fraction of sp³-hybridized carbons (Fsp3) is 0.600. The minimum Gasteiger partial charge on any atom is -0.388 e. The number of nitrogens with one attached hydrogen (secondary N) is 2. The minimum absolute atomic E-state index is 0.100. The first-order valence-corrected chi connectivity index (χ1v) is 8.13. The van der Waals surface area contributed by atoms with Gasteiger partial charge in [0.1, 0.15) is 0 Å². The lowest BCUT2D eigenvalue weighted by Gasteiger charge is -2.22. The van der Waals surface area contributed by atoms with Crippen molar-refractivity contribution in [2.45, 2.75) is 45.1 Å². The zero-order valence-corrected chi connectivity index (χ0v) is 13.5. The maximum atomic E-state index is 11.6. The third kappa shape index (κ3) is 7.24. The highest BCUT2D eigenvalue weighted by molar-refractivity contribution is 7.12. The molecule has 5 nitrogen and oxygen atoms in total. The van der Waals surface area contributed by atoms with Gasteiger partial charge in [0.2, 0.25) is 5.91 Å². The molecule has 0 aliphatic carbocycles. The maximum absolute atomic E-state index is 11.6. The largest absolute Gasteiger partial charge is 0.388 e. The number of amides is 2. The second-order valence-corrected chi connectivity index (χ2v) is 6.31. The summed E-state index contributed by atoms with van der Waals surface area (Å²) >= 11 is 1.39. The highest BCUT2D eigenvalue weighted by Crippen LogP contribution is 2.10. The van der Waals surface area contributed by atoms with E-state index in [2.05, 4.69) is 10.6 Å². The number of hydrogen-bond donors (Lipinski definition) is 3. The van der Waals surface area contributed by atoms with Crippen molar-refractivity contribution >= 4 is 23.2 Å². The van der Waals surface area contributed by atoms with Crippen LogP contribution < -0.4 is 10.6 Å². The molecule has 0 saturated heterocycles. The van der Waals surface area contributed by atoms with Crippen LogP contribution in [0.25, 0.3) is 0 Å². The van der Waals surface area contributed by atoms with Crippen LogP contribution in [0.1, 0.15) is 49.2 Å². The average Bonchev–Trinajstić information content (AvgIpc) is 2.95. The van der Waals surface area contributed by atoms with E-state index in [1.54, 1.807) is 13.0 Å². The van der Waals surface area contributed by atoms with E-state index in [1.165, 1.54) is 11.3 Å². The van der Waals surface area contributed by atoms with E-state index in [1.807, 2.05) is 18.4 Å². The lowest BCUT2D eigenvalue weighted by atomic mass is 10.0. The lowest BCUT2D eigenvalue weighted by Crippen LogP contribution is -2.40. The van der Waals surface area contributed by atoms with E-state index < -0.39 is 5.60 Å². The summed E-state index contributed by atoms with van der Waals surface area (Å²) in [6, 6.07) is 3.59. The van der Waals surface area contributed by atoms with E-state index >= 15 is 0 Å². The van der Waals surface area contributed by atoms with Crippen molar-refractivity contribution in [3.63, 3.8) is 0 Å². The van der Waals surface area contributed by atoms with Gasteiger partial charge in [-0.15, -0.1) is 11.3 Å². The van der Waals surface area contributed by atoms with Gasteiger partial charge in [-0.25, -0.2) is 0 Å². The van der Waals surface area contributed by atoms with Gasteiger partial charge in [-0.2, -0.15) is 0 Å². The molecule has 1 aromatic rings. The van der Waals surface area contributed by atoms with Gasteiger partial charge in [0, 0.05) is 19.5 Å². The van der Waals surface area contributed by atoms with Gasteiger partial charge in [0.15, 0.2) is 0 Å². The third-order valence-corrected chi connectivity index (χ3v) is 3.93. The number of rotatable bonds is 9. The molecule has 0 fully saturated rings. The Morgan fingerprint density at radius 1 is 1.38 bits per heavy atom. The van der Waals surface area contributed by atoms with E-state index in [0.717, 1.165) is 6.42 Å². The van der Waals surface area contributed by atoms with Crippen molar-refractivity contribution in [2.75, 3.05) is 13.1 Å². The summed E-state index contributed by atoms with van der Waals surface area (Å²) in [5, 5.41) is 17.3. The topological polar surface area (TPSA) is 78.4 Å². The molecule has 0 radical (unpaired) electrons.